The molecule has 0 aromatic heterocycles. The minimum absolute atomic E-state index is 0.0523. The maximum atomic E-state index is 13.5. The molecule has 0 saturated carbocycles. The Morgan fingerprint density at radius 3 is 2.76 bits per heavy atom. The van der Waals surface area contributed by atoms with Gasteiger partial charge in [-0.25, -0.2) is 4.39 Å². The Bertz CT molecular complexity index is 603. The second kappa shape index (κ2) is 7.48. The molecule has 2 rings (SSSR count). The van der Waals surface area contributed by atoms with Crippen molar-refractivity contribution < 1.29 is 9.13 Å². The van der Waals surface area contributed by atoms with Crippen molar-refractivity contribution in [2.24, 2.45) is 5.73 Å². The van der Waals surface area contributed by atoms with E-state index in [9.17, 15) is 4.39 Å². The van der Waals surface area contributed by atoms with Crippen molar-refractivity contribution in [3.05, 3.63) is 53.8 Å². The molecule has 21 heavy (non-hydrogen) atoms. The van der Waals surface area contributed by atoms with Gasteiger partial charge in [-0.15, -0.1) is 0 Å². The van der Waals surface area contributed by atoms with Crippen LogP contribution in [0.2, 0.25) is 0 Å². The topological polar surface area (TPSA) is 35.2 Å². The van der Waals surface area contributed by atoms with E-state index in [0.717, 1.165) is 27.5 Å². The summed E-state index contributed by atoms with van der Waals surface area (Å²) in [5, 5.41) is 0. The van der Waals surface area contributed by atoms with Crippen molar-refractivity contribution >= 4 is 11.8 Å². The van der Waals surface area contributed by atoms with Gasteiger partial charge in [0.25, 0.3) is 0 Å². The highest BCUT2D eigenvalue weighted by molar-refractivity contribution is 7.99. The molecule has 2 aromatic carbocycles. The number of benzene rings is 2. The first kappa shape index (κ1) is 15.9. The second-order valence-corrected chi connectivity index (χ2v) is 6.02. The summed E-state index contributed by atoms with van der Waals surface area (Å²) in [4.78, 5) is 2.10. The van der Waals surface area contributed by atoms with Crippen LogP contribution in [0.25, 0.3) is 0 Å². The van der Waals surface area contributed by atoms with E-state index in [2.05, 4.69) is 0 Å². The molecule has 0 aliphatic heterocycles. The molecule has 0 bridgehead atoms. The Hall–Kier alpha value is -1.52. The second-order valence-electron chi connectivity index (χ2n) is 4.91. The third kappa shape index (κ3) is 4.48. The van der Waals surface area contributed by atoms with Crippen LogP contribution in [0.1, 0.15) is 18.9 Å². The van der Waals surface area contributed by atoms with Crippen molar-refractivity contribution in [3.63, 3.8) is 0 Å². The summed E-state index contributed by atoms with van der Waals surface area (Å²) in [5.74, 6) is 0.595. The van der Waals surface area contributed by atoms with E-state index in [4.69, 9.17) is 10.5 Å². The Labute approximate surface area is 129 Å². The van der Waals surface area contributed by atoms with Gasteiger partial charge in [0, 0.05) is 15.8 Å². The molecule has 0 spiro atoms. The fourth-order valence-corrected chi connectivity index (χ4v) is 3.01. The standard InChI is InChI=1S/C17H20FNOS/c1-3-14(19)10-12-9-13(18)7-8-17(12)21-16-6-4-5-15(11-16)20-2/h4-9,11,14H,3,10,19H2,1-2H3. The smallest absolute Gasteiger partial charge is 0.123 e. The van der Waals surface area contributed by atoms with Gasteiger partial charge >= 0.3 is 0 Å². The average molecular weight is 305 g/mol. The first-order chi connectivity index (χ1) is 10.1. The molecule has 112 valence electrons. The summed E-state index contributed by atoms with van der Waals surface area (Å²) < 4.78 is 18.7. The van der Waals surface area contributed by atoms with E-state index in [-0.39, 0.29) is 11.9 Å². The Morgan fingerprint density at radius 2 is 2.05 bits per heavy atom. The maximum absolute atomic E-state index is 13.5. The molecule has 2 N–H and O–H groups in total. The lowest BCUT2D eigenvalue weighted by atomic mass is 10.0. The van der Waals surface area contributed by atoms with Crippen LogP contribution in [-0.2, 0) is 6.42 Å². The van der Waals surface area contributed by atoms with Crippen LogP contribution in [0.3, 0.4) is 0 Å². The fraction of sp³-hybridized carbons (Fsp3) is 0.294. The molecule has 0 heterocycles. The lowest BCUT2D eigenvalue weighted by molar-refractivity contribution is 0.413. The van der Waals surface area contributed by atoms with Crippen molar-refractivity contribution in [1.82, 2.24) is 0 Å². The van der Waals surface area contributed by atoms with Crippen LogP contribution >= 0.6 is 11.8 Å². The fourth-order valence-electron chi connectivity index (χ4n) is 2.03. The molecule has 0 saturated heterocycles. The van der Waals surface area contributed by atoms with Gasteiger partial charge in [0.2, 0.25) is 0 Å². The minimum atomic E-state index is -0.219. The summed E-state index contributed by atoms with van der Waals surface area (Å²) >= 11 is 1.60. The van der Waals surface area contributed by atoms with Gasteiger partial charge in [-0.05, 0) is 54.8 Å². The van der Waals surface area contributed by atoms with Gasteiger partial charge in [-0.2, -0.15) is 0 Å². The number of nitrogens with two attached hydrogens (primary N) is 1. The largest absolute Gasteiger partial charge is 0.497 e. The molecule has 2 nitrogen and oxygen atoms in total. The highest BCUT2D eigenvalue weighted by Crippen LogP contribution is 2.33. The van der Waals surface area contributed by atoms with E-state index in [0.29, 0.717) is 6.42 Å². The monoisotopic (exact) mass is 305 g/mol. The predicted octanol–water partition coefficient (Wildman–Crippen LogP) is 4.27. The number of ether oxygens (including phenoxy) is 1. The average Bonchev–Trinajstić information content (AvgIpc) is 2.50. The summed E-state index contributed by atoms with van der Waals surface area (Å²) in [5.41, 5.74) is 6.97. The normalized spacial score (nSPS) is 12.2. The molecule has 0 aliphatic carbocycles. The first-order valence-corrected chi connectivity index (χ1v) is 7.80. The minimum Gasteiger partial charge on any atom is -0.497 e. The van der Waals surface area contributed by atoms with Crippen molar-refractivity contribution in [1.29, 1.82) is 0 Å². The molecule has 4 heteroatoms. The lowest BCUT2D eigenvalue weighted by Crippen LogP contribution is -2.21. The van der Waals surface area contributed by atoms with Gasteiger partial charge in [0.1, 0.15) is 11.6 Å². The van der Waals surface area contributed by atoms with Crippen LogP contribution in [0.4, 0.5) is 4.39 Å². The van der Waals surface area contributed by atoms with Gasteiger partial charge in [-0.1, -0.05) is 24.8 Å². The number of methoxy groups -OCH3 is 1. The van der Waals surface area contributed by atoms with Gasteiger partial charge in [-0.3, -0.25) is 0 Å². The van der Waals surface area contributed by atoms with Crippen molar-refractivity contribution in [3.8, 4) is 5.75 Å². The molecule has 0 radical (unpaired) electrons. The zero-order valence-electron chi connectivity index (χ0n) is 12.3. The Balaban J connectivity index is 2.25. The van der Waals surface area contributed by atoms with Crippen molar-refractivity contribution in [2.75, 3.05) is 7.11 Å². The summed E-state index contributed by atoms with van der Waals surface area (Å²) in [6, 6.07) is 12.8. The van der Waals surface area contributed by atoms with Crippen molar-refractivity contribution in [2.45, 2.75) is 35.6 Å². The highest BCUT2D eigenvalue weighted by atomic mass is 32.2. The zero-order valence-corrected chi connectivity index (χ0v) is 13.1. The maximum Gasteiger partial charge on any atom is 0.123 e. The summed E-state index contributed by atoms with van der Waals surface area (Å²) in [7, 11) is 1.65. The number of hydrogen-bond acceptors (Lipinski definition) is 3. The van der Waals surface area contributed by atoms with E-state index < -0.39 is 0 Å². The SMILES string of the molecule is CCC(N)Cc1cc(F)ccc1Sc1cccc(OC)c1. The lowest BCUT2D eigenvalue weighted by Gasteiger charge is -2.13. The Morgan fingerprint density at radius 1 is 1.24 bits per heavy atom. The van der Waals surface area contributed by atoms with Crippen LogP contribution in [0, 0.1) is 5.82 Å². The molecule has 0 amide bonds. The van der Waals surface area contributed by atoms with Crippen LogP contribution < -0.4 is 10.5 Å². The number of halogens is 1. The molecule has 1 unspecified atom stereocenters. The third-order valence-electron chi connectivity index (χ3n) is 3.30. The molecule has 1 atom stereocenters. The summed E-state index contributed by atoms with van der Waals surface area (Å²) in [6.45, 7) is 2.04. The molecule has 2 aromatic rings. The van der Waals surface area contributed by atoms with Crippen LogP contribution in [0.5, 0.6) is 5.75 Å². The number of hydrogen-bond donors (Lipinski definition) is 1. The summed E-state index contributed by atoms with van der Waals surface area (Å²) in [6.07, 6.45) is 1.56. The van der Waals surface area contributed by atoms with Crippen LogP contribution in [-0.4, -0.2) is 13.2 Å². The quantitative estimate of drug-likeness (QED) is 0.866. The molecular weight excluding hydrogens is 285 g/mol. The van der Waals surface area contributed by atoms with Crippen LogP contribution in [0.15, 0.2) is 52.3 Å². The van der Waals surface area contributed by atoms with Gasteiger partial charge in [0.15, 0.2) is 0 Å². The van der Waals surface area contributed by atoms with E-state index in [1.54, 1.807) is 24.9 Å². The van der Waals surface area contributed by atoms with E-state index in [1.165, 1.54) is 6.07 Å². The van der Waals surface area contributed by atoms with Gasteiger partial charge in [0.05, 0.1) is 7.11 Å². The third-order valence-corrected chi connectivity index (χ3v) is 4.41. The highest BCUT2D eigenvalue weighted by Gasteiger charge is 2.10. The Kier molecular flexibility index (Phi) is 5.65. The molecule has 0 aliphatic rings. The van der Waals surface area contributed by atoms with E-state index in [1.807, 2.05) is 37.3 Å². The molecular formula is C17H20FNOS. The zero-order chi connectivity index (χ0) is 15.2. The van der Waals surface area contributed by atoms with Gasteiger partial charge < -0.3 is 10.5 Å². The predicted molar refractivity (Wildman–Crippen MR) is 85.5 cm³/mol. The first-order valence-electron chi connectivity index (χ1n) is 6.98. The number of rotatable bonds is 6. The van der Waals surface area contributed by atoms with E-state index >= 15 is 0 Å². The molecule has 0 fully saturated rings.